The number of hydrogen-bond donors (Lipinski definition) is 1. The van der Waals surface area contributed by atoms with Crippen molar-refractivity contribution in [2.24, 2.45) is 11.8 Å². The van der Waals surface area contributed by atoms with E-state index in [0.717, 1.165) is 37.7 Å². The molecule has 9 heteroatoms. The zero-order valence-corrected chi connectivity index (χ0v) is 25.7. The molecule has 5 aliphatic rings. The minimum atomic E-state index is -1.35. The maximum absolute atomic E-state index is 14.9. The summed E-state index contributed by atoms with van der Waals surface area (Å²) in [4.78, 5) is 49.3. The maximum Gasteiger partial charge on any atom is 0.249 e. The first-order valence-electron chi connectivity index (χ1n) is 16.3. The molecular weight excluding hydrogens is 570 g/mol. The summed E-state index contributed by atoms with van der Waals surface area (Å²) >= 11 is 0. The van der Waals surface area contributed by atoms with E-state index >= 15 is 0 Å². The fraction of sp³-hybridized carbons (Fsp3) is 0.472. The molecule has 2 saturated heterocycles. The van der Waals surface area contributed by atoms with Gasteiger partial charge in [-0.25, -0.2) is 0 Å². The third kappa shape index (κ3) is 4.88. The largest absolute Gasteiger partial charge is 0.494 e. The van der Waals surface area contributed by atoms with Crippen LogP contribution in [0.4, 0.5) is 5.69 Å². The van der Waals surface area contributed by atoms with E-state index in [1.165, 1.54) is 0 Å². The number of aliphatic hydroxyl groups is 1. The molecule has 4 heterocycles. The highest BCUT2D eigenvalue weighted by Gasteiger charge is 2.72. The number of hydrogen-bond acceptors (Lipinski definition) is 6. The van der Waals surface area contributed by atoms with E-state index in [0.29, 0.717) is 31.1 Å². The van der Waals surface area contributed by atoms with Crippen LogP contribution in [0.25, 0.3) is 0 Å². The van der Waals surface area contributed by atoms with Gasteiger partial charge in [-0.1, -0.05) is 73.9 Å². The number of anilines is 1. The van der Waals surface area contributed by atoms with Gasteiger partial charge in [0.15, 0.2) is 0 Å². The van der Waals surface area contributed by atoms with Gasteiger partial charge < -0.3 is 29.3 Å². The predicted molar refractivity (Wildman–Crippen MR) is 168 cm³/mol. The molecular formula is C36H41N3O6. The minimum absolute atomic E-state index is 0.0786. The highest BCUT2D eigenvalue weighted by atomic mass is 16.5. The maximum atomic E-state index is 14.9. The van der Waals surface area contributed by atoms with Gasteiger partial charge >= 0.3 is 0 Å². The quantitative estimate of drug-likeness (QED) is 0.475. The van der Waals surface area contributed by atoms with E-state index in [9.17, 15) is 19.5 Å². The van der Waals surface area contributed by atoms with E-state index in [-0.39, 0.29) is 30.4 Å². The van der Waals surface area contributed by atoms with Crippen molar-refractivity contribution in [1.29, 1.82) is 0 Å². The van der Waals surface area contributed by atoms with Gasteiger partial charge in [0.05, 0.1) is 37.2 Å². The minimum Gasteiger partial charge on any atom is -0.494 e. The van der Waals surface area contributed by atoms with Gasteiger partial charge in [-0.15, -0.1) is 0 Å². The molecule has 3 fully saturated rings. The standard InChI is InChI=1S/C36H41N3O6/c1-2-44-27-18-16-26(17-19-27)37-21-9-15-29-30(33(37)41)31-34(42)39(28(23-40)24-11-5-3-6-12-24)32-35(43)38(25-13-7-4-8-14-25)22-10-20-36(31,32)45-29/h3,5-6,9-12,15-20,25,28-32,40H,2,4,7-8,13-14,21-23H2,1H3/t28-,29-,30+,31+,32?,36+/m1/s1. The van der Waals surface area contributed by atoms with E-state index in [2.05, 4.69) is 0 Å². The van der Waals surface area contributed by atoms with Gasteiger partial charge in [-0.2, -0.15) is 0 Å². The van der Waals surface area contributed by atoms with Crippen LogP contribution in [0.1, 0.15) is 50.6 Å². The number of carbonyl (C=O) groups is 3. The molecule has 3 amide bonds. The normalized spacial score (nSPS) is 30.5. The van der Waals surface area contributed by atoms with Crippen LogP contribution in [-0.4, -0.2) is 82.7 Å². The van der Waals surface area contributed by atoms with Crippen molar-refractivity contribution in [2.45, 2.75) is 68.9 Å². The van der Waals surface area contributed by atoms with E-state index in [1.54, 1.807) is 9.80 Å². The molecule has 6 atom stereocenters. The Morgan fingerprint density at radius 1 is 0.933 bits per heavy atom. The summed E-state index contributed by atoms with van der Waals surface area (Å²) in [6.45, 7) is 2.85. The van der Waals surface area contributed by atoms with Gasteiger partial charge in [0.1, 0.15) is 17.4 Å². The SMILES string of the molecule is CCOc1ccc(N2CC=C[C@H]3O[C@]45C=CCN(C6CCCCC6)C(=O)C4N([C@H](CO)c4ccccc4)C(=O)[C@@H]5[C@H]3C2=O)cc1. The Balaban J connectivity index is 1.31. The number of ether oxygens (including phenoxy) is 2. The number of nitrogens with zero attached hydrogens (tertiary/aromatic N) is 3. The van der Waals surface area contributed by atoms with Crippen LogP contribution >= 0.6 is 0 Å². The van der Waals surface area contributed by atoms with Crippen molar-refractivity contribution >= 4 is 23.4 Å². The summed E-state index contributed by atoms with van der Waals surface area (Å²) in [6.07, 6.45) is 12.1. The lowest BCUT2D eigenvalue weighted by atomic mass is 9.77. The average Bonchev–Trinajstić information content (AvgIpc) is 3.38. The third-order valence-electron chi connectivity index (χ3n) is 10.3. The van der Waals surface area contributed by atoms with E-state index < -0.39 is 35.6 Å². The third-order valence-corrected chi connectivity index (χ3v) is 10.3. The molecule has 1 aliphatic carbocycles. The van der Waals surface area contributed by atoms with Crippen molar-refractivity contribution in [3.63, 3.8) is 0 Å². The molecule has 7 rings (SSSR count). The van der Waals surface area contributed by atoms with Crippen LogP contribution in [0.3, 0.4) is 0 Å². The van der Waals surface area contributed by atoms with Gasteiger partial charge in [0.2, 0.25) is 17.7 Å². The highest BCUT2D eigenvalue weighted by molar-refractivity contribution is 6.04. The van der Waals surface area contributed by atoms with Crippen LogP contribution in [0.5, 0.6) is 5.75 Å². The lowest BCUT2D eigenvalue weighted by Crippen LogP contribution is -2.58. The van der Waals surface area contributed by atoms with Crippen LogP contribution < -0.4 is 9.64 Å². The summed E-state index contributed by atoms with van der Waals surface area (Å²) in [5.74, 6) is -1.80. The Hall–Kier alpha value is -3.95. The lowest BCUT2D eigenvalue weighted by Gasteiger charge is -2.41. The average molecular weight is 612 g/mol. The van der Waals surface area contributed by atoms with Crippen molar-refractivity contribution in [3.8, 4) is 5.75 Å². The predicted octanol–water partition coefficient (Wildman–Crippen LogP) is 4.03. The van der Waals surface area contributed by atoms with E-state index in [1.807, 2.05) is 90.7 Å². The topological polar surface area (TPSA) is 99.6 Å². The first-order chi connectivity index (χ1) is 22.0. The smallest absolute Gasteiger partial charge is 0.249 e. The molecule has 9 nitrogen and oxygen atoms in total. The number of fused-ring (bicyclic) bond motifs is 2. The fourth-order valence-corrected chi connectivity index (χ4v) is 8.30. The Morgan fingerprint density at radius 3 is 2.40 bits per heavy atom. The zero-order valence-electron chi connectivity index (χ0n) is 25.7. The molecule has 1 spiro atoms. The second-order valence-corrected chi connectivity index (χ2v) is 12.7. The molecule has 2 aromatic rings. The molecule has 236 valence electrons. The first kappa shape index (κ1) is 29.7. The van der Waals surface area contributed by atoms with Crippen molar-refractivity contribution < 1.29 is 29.0 Å². The summed E-state index contributed by atoms with van der Waals surface area (Å²) in [6, 6.07) is 15.0. The number of amides is 3. The number of rotatable bonds is 7. The summed E-state index contributed by atoms with van der Waals surface area (Å²) in [7, 11) is 0. The van der Waals surface area contributed by atoms with Gasteiger partial charge in [-0.3, -0.25) is 14.4 Å². The number of carbonyl (C=O) groups excluding carboxylic acids is 3. The summed E-state index contributed by atoms with van der Waals surface area (Å²) in [5, 5.41) is 10.8. The van der Waals surface area contributed by atoms with E-state index in [4.69, 9.17) is 9.47 Å². The highest BCUT2D eigenvalue weighted by Crippen LogP contribution is 2.55. The molecule has 45 heavy (non-hydrogen) atoms. The molecule has 1 N–H and O–H groups in total. The Kier molecular flexibility index (Phi) is 8.00. The molecule has 0 bridgehead atoms. The zero-order chi connectivity index (χ0) is 31.1. The molecule has 4 aliphatic heterocycles. The molecule has 0 aromatic heterocycles. The molecule has 1 unspecified atom stereocenters. The Morgan fingerprint density at radius 2 is 1.69 bits per heavy atom. The Bertz CT molecular complexity index is 1490. The molecule has 2 aromatic carbocycles. The number of benzene rings is 2. The van der Waals surface area contributed by atoms with Crippen LogP contribution in [-0.2, 0) is 19.1 Å². The second kappa shape index (κ2) is 12.1. The monoisotopic (exact) mass is 611 g/mol. The first-order valence-corrected chi connectivity index (χ1v) is 16.3. The number of aliphatic hydroxyl groups excluding tert-OH is 1. The second-order valence-electron chi connectivity index (χ2n) is 12.7. The summed E-state index contributed by atoms with van der Waals surface area (Å²) < 4.78 is 12.5. The van der Waals surface area contributed by atoms with Crippen LogP contribution in [0, 0.1) is 11.8 Å². The number of likely N-dealkylation sites (tertiary alicyclic amines) is 1. The Labute approximate surface area is 264 Å². The fourth-order valence-electron chi connectivity index (χ4n) is 8.30. The van der Waals surface area contributed by atoms with Crippen LogP contribution in [0.15, 0.2) is 78.9 Å². The van der Waals surface area contributed by atoms with Crippen molar-refractivity contribution in [3.05, 3.63) is 84.5 Å². The van der Waals surface area contributed by atoms with Gasteiger partial charge in [0.25, 0.3) is 0 Å². The van der Waals surface area contributed by atoms with Gasteiger partial charge in [-0.05, 0) is 49.6 Å². The summed E-state index contributed by atoms with van der Waals surface area (Å²) in [5.41, 5.74) is 0.0761. The molecule has 1 saturated carbocycles. The van der Waals surface area contributed by atoms with Crippen molar-refractivity contribution in [1.82, 2.24) is 9.80 Å². The lowest BCUT2D eigenvalue weighted by molar-refractivity contribution is -0.152. The van der Waals surface area contributed by atoms with Crippen molar-refractivity contribution in [2.75, 3.05) is 31.2 Å². The van der Waals surface area contributed by atoms with Gasteiger partial charge in [0, 0.05) is 24.8 Å². The molecule has 0 radical (unpaired) electrons. The van der Waals surface area contributed by atoms with Crippen LogP contribution in [0.2, 0.25) is 0 Å².